The summed E-state index contributed by atoms with van der Waals surface area (Å²) in [6.07, 6.45) is 3.30. The van der Waals surface area contributed by atoms with Crippen molar-refractivity contribution < 1.29 is 23.1 Å². The highest BCUT2D eigenvalue weighted by Crippen LogP contribution is 2.23. The Labute approximate surface area is 175 Å². The lowest BCUT2D eigenvalue weighted by Gasteiger charge is -2.33. The van der Waals surface area contributed by atoms with Gasteiger partial charge in [0.25, 0.3) is 5.91 Å². The van der Waals surface area contributed by atoms with Gasteiger partial charge in [-0.3, -0.25) is 9.59 Å². The van der Waals surface area contributed by atoms with Crippen LogP contribution in [0.2, 0.25) is 0 Å². The Kier molecular flexibility index (Phi) is 7.03. The summed E-state index contributed by atoms with van der Waals surface area (Å²) < 4.78 is 28.7. The van der Waals surface area contributed by atoms with Gasteiger partial charge < -0.3 is 15.0 Å². The fourth-order valence-electron chi connectivity index (χ4n) is 3.67. The average Bonchev–Trinajstić information content (AvgIpc) is 2.70. The molecule has 2 aromatic carbocycles. The Hall–Kier alpha value is -2.96. The molecule has 2 aromatic rings. The number of hydrogen-bond acceptors (Lipinski definition) is 3. The molecule has 1 heterocycles. The van der Waals surface area contributed by atoms with Gasteiger partial charge in [0, 0.05) is 23.8 Å². The summed E-state index contributed by atoms with van der Waals surface area (Å²) in [6.45, 7) is 1.82. The number of likely N-dealkylation sites (tertiary alicyclic amines) is 1. The maximum atomic E-state index is 12.8. The second kappa shape index (κ2) is 9.69. The number of carbonyl (C=O) groups is 2. The van der Waals surface area contributed by atoms with E-state index in [1.807, 2.05) is 11.8 Å². The van der Waals surface area contributed by atoms with E-state index in [1.54, 1.807) is 30.3 Å². The standard InChI is InChI=1S/C23H26F2N2O3/c1-15-13-18(22(29)27-12-4-3-5-16(27)2)8-11-20(15)26-21(28)14-17-6-9-19(10-7-17)30-23(24)25/h6-11,13,16,23H,3-5,12,14H2,1-2H3,(H,26,28). The molecule has 2 amide bonds. The third-order valence-corrected chi connectivity index (χ3v) is 5.32. The number of halogens is 2. The van der Waals surface area contributed by atoms with Crippen LogP contribution >= 0.6 is 0 Å². The molecule has 0 radical (unpaired) electrons. The smallest absolute Gasteiger partial charge is 0.387 e. The highest BCUT2D eigenvalue weighted by Gasteiger charge is 2.24. The number of nitrogens with zero attached hydrogens (tertiary/aromatic N) is 1. The summed E-state index contributed by atoms with van der Waals surface area (Å²) in [5, 5.41) is 2.84. The molecule has 1 aliphatic rings. The number of nitrogens with one attached hydrogen (secondary N) is 1. The third kappa shape index (κ3) is 5.55. The maximum absolute atomic E-state index is 12.8. The van der Waals surface area contributed by atoms with Gasteiger partial charge in [0.2, 0.25) is 5.91 Å². The summed E-state index contributed by atoms with van der Waals surface area (Å²) in [4.78, 5) is 27.1. The topological polar surface area (TPSA) is 58.6 Å². The van der Waals surface area contributed by atoms with Gasteiger partial charge in [-0.05, 0) is 74.6 Å². The summed E-state index contributed by atoms with van der Waals surface area (Å²) in [5.74, 6) is -0.160. The van der Waals surface area contributed by atoms with Crippen LogP contribution in [-0.2, 0) is 11.2 Å². The molecule has 0 bridgehead atoms. The monoisotopic (exact) mass is 416 g/mol. The first-order valence-corrected chi connectivity index (χ1v) is 10.1. The Morgan fingerprint density at radius 2 is 1.90 bits per heavy atom. The second-order valence-electron chi connectivity index (χ2n) is 7.62. The molecule has 7 heteroatoms. The van der Waals surface area contributed by atoms with Crippen molar-refractivity contribution in [3.63, 3.8) is 0 Å². The SMILES string of the molecule is Cc1cc(C(=O)N2CCCCC2C)ccc1NC(=O)Cc1ccc(OC(F)F)cc1. The van der Waals surface area contributed by atoms with E-state index in [1.165, 1.54) is 12.1 Å². The minimum Gasteiger partial charge on any atom is -0.435 e. The molecule has 0 spiro atoms. The Morgan fingerprint density at radius 1 is 1.17 bits per heavy atom. The first-order valence-electron chi connectivity index (χ1n) is 10.1. The van der Waals surface area contributed by atoms with Crippen molar-refractivity contribution >= 4 is 17.5 Å². The van der Waals surface area contributed by atoms with E-state index in [-0.39, 0.29) is 30.0 Å². The molecule has 1 aliphatic heterocycles. The molecule has 30 heavy (non-hydrogen) atoms. The number of piperidine rings is 1. The zero-order chi connectivity index (χ0) is 21.7. The molecule has 0 saturated carbocycles. The molecule has 3 rings (SSSR count). The number of hydrogen-bond donors (Lipinski definition) is 1. The summed E-state index contributed by atoms with van der Waals surface area (Å²) >= 11 is 0. The van der Waals surface area contributed by atoms with E-state index in [0.717, 1.165) is 31.4 Å². The van der Waals surface area contributed by atoms with E-state index in [9.17, 15) is 18.4 Å². The lowest BCUT2D eigenvalue weighted by atomic mass is 10.0. The molecular formula is C23H26F2N2O3. The molecule has 0 aromatic heterocycles. The van der Waals surface area contributed by atoms with Crippen LogP contribution in [-0.4, -0.2) is 35.9 Å². The van der Waals surface area contributed by atoms with E-state index >= 15 is 0 Å². The Morgan fingerprint density at radius 3 is 2.53 bits per heavy atom. The van der Waals surface area contributed by atoms with Gasteiger partial charge in [0.05, 0.1) is 6.42 Å². The fraction of sp³-hybridized carbons (Fsp3) is 0.391. The largest absolute Gasteiger partial charge is 0.435 e. The van der Waals surface area contributed by atoms with Crippen molar-refractivity contribution in [2.24, 2.45) is 0 Å². The fourth-order valence-corrected chi connectivity index (χ4v) is 3.67. The molecule has 160 valence electrons. The molecule has 1 N–H and O–H groups in total. The lowest BCUT2D eigenvalue weighted by molar-refractivity contribution is -0.115. The van der Waals surface area contributed by atoms with Crippen molar-refractivity contribution in [2.75, 3.05) is 11.9 Å². The minimum absolute atomic E-state index is 0.0225. The molecule has 5 nitrogen and oxygen atoms in total. The van der Waals surface area contributed by atoms with E-state index in [2.05, 4.69) is 17.0 Å². The van der Waals surface area contributed by atoms with E-state index in [4.69, 9.17) is 0 Å². The van der Waals surface area contributed by atoms with Crippen LogP contribution in [0.25, 0.3) is 0 Å². The Bertz CT molecular complexity index is 900. The molecule has 1 saturated heterocycles. The van der Waals surface area contributed by atoms with Crippen molar-refractivity contribution in [1.82, 2.24) is 4.90 Å². The number of carbonyl (C=O) groups excluding carboxylic acids is 2. The van der Waals surface area contributed by atoms with Crippen LogP contribution in [0.1, 0.15) is 47.7 Å². The van der Waals surface area contributed by atoms with Crippen LogP contribution in [0.4, 0.5) is 14.5 Å². The van der Waals surface area contributed by atoms with Crippen molar-refractivity contribution in [1.29, 1.82) is 0 Å². The zero-order valence-electron chi connectivity index (χ0n) is 17.2. The van der Waals surface area contributed by atoms with Gasteiger partial charge in [-0.2, -0.15) is 8.78 Å². The number of rotatable bonds is 6. The van der Waals surface area contributed by atoms with Crippen LogP contribution < -0.4 is 10.1 Å². The van der Waals surface area contributed by atoms with Gasteiger partial charge >= 0.3 is 6.61 Å². The third-order valence-electron chi connectivity index (χ3n) is 5.32. The maximum Gasteiger partial charge on any atom is 0.387 e. The number of alkyl halides is 2. The number of anilines is 1. The van der Waals surface area contributed by atoms with Crippen LogP contribution in [0, 0.1) is 6.92 Å². The van der Waals surface area contributed by atoms with Crippen molar-refractivity contribution in [3.05, 3.63) is 59.2 Å². The van der Waals surface area contributed by atoms with Gasteiger partial charge in [-0.15, -0.1) is 0 Å². The van der Waals surface area contributed by atoms with Crippen molar-refractivity contribution in [3.8, 4) is 5.75 Å². The molecule has 0 aliphatic carbocycles. The van der Waals surface area contributed by atoms with Crippen LogP contribution in [0.5, 0.6) is 5.75 Å². The summed E-state index contributed by atoms with van der Waals surface area (Å²) in [7, 11) is 0. The quantitative estimate of drug-likeness (QED) is 0.737. The number of benzene rings is 2. The summed E-state index contributed by atoms with van der Waals surface area (Å²) in [6, 6.07) is 11.5. The highest BCUT2D eigenvalue weighted by molar-refractivity contribution is 5.97. The first kappa shape index (κ1) is 21.7. The number of ether oxygens (including phenoxy) is 1. The van der Waals surface area contributed by atoms with E-state index < -0.39 is 6.61 Å². The predicted octanol–water partition coefficient (Wildman–Crippen LogP) is 4.79. The van der Waals surface area contributed by atoms with Gasteiger partial charge in [0.1, 0.15) is 5.75 Å². The average molecular weight is 416 g/mol. The van der Waals surface area contributed by atoms with Gasteiger partial charge in [0.15, 0.2) is 0 Å². The lowest BCUT2D eigenvalue weighted by Crippen LogP contribution is -2.42. The zero-order valence-corrected chi connectivity index (χ0v) is 17.2. The normalized spacial score (nSPS) is 16.4. The minimum atomic E-state index is -2.88. The first-order chi connectivity index (χ1) is 14.3. The van der Waals surface area contributed by atoms with Crippen molar-refractivity contribution in [2.45, 2.75) is 52.2 Å². The second-order valence-corrected chi connectivity index (χ2v) is 7.62. The number of aryl methyl sites for hydroxylation is 1. The van der Waals surface area contributed by atoms with E-state index in [0.29, 0.717) is 16.8 Å². The predicted molar refractivity (Wildman–Crippen MR) is 111 cm³/mol. The molecular weight excluding hydrogens is 390 g/mol. The molecule has 1 unspecified atom stereocenters. The number of amides is 2. The van der Waals surface area contributed by atoms with Gasteiger partial charge in [-0.25, -0.2) is 0 Å². The molecule has 1 fully saturated rings. The summed E-state index contributed by atoms with van der Waals surface area (Å²) in [5.41, 5.74) is 2.74. The van der Waals surface area contributed by atoms with Gasteiger partial charge in [-0.1, -0.05) is 12.1 Å². The highest BCUT2D eigenvalue weighted by atomic mass is 19.3. The van der Waals surface area contributed by atoms with Crippen LogP contribution in [0.15, 0.2) is 42.5 Å². The Balaban J connectivity index is 1.61. The molecule has 1 atom stereocenters. The van der Waals surface area contributed by atoms with Crippen LogP contribution in [0.3, 0.4) is 0 Å².